The van der Waals surface area contributed by atoms with Crippen molar-refractivity contribution in [3.05, 3.63) is 0 Å². The lowest BCUT2D eigenvalue weighted by atomic mass is 9.77. The molecule has 0 bridgehead atoms. The third-order valence-electron chi connectivity index (χ3n) is 4.35. The predicted molar refractivity (Wildman–Crippen MR) is 69.3 cm³/mol. The van der Waals surface area contributed by atoms with E-state index in [1.807, 2.05) is 25.7 Å². The number of rotatable bonds is 1. The molecule has 0 aromatic heterocycles. The molecule has 4 heteroatoms. The molecule has 4 nitrogen and oxygen atoms in total. The molecule has 2 rings (SSSR count). The second kappa shape index (κ2) is 4.72. The smallest absolute Gasteiger partial charge is 0.410 e. The van der Waals surface area contributed by atoms with E-state index in [4.69, 9.17) is 4.74 Å². The van der Waals surface area contributed by atoms with Crippen molar-refractivity contribution in [1.29, 1.82) is 0 Å². The quantitative estimate of drug-likeness (QED) is 0.782. The molecule has 1 heterocycles. The van der Waals surface area contributed by atoms with Crippen molar-refractivity contribution in [3.8, 4) is 0 Å². The van der Waals surface area contributed by atoms with Crippen LogP contribution in [-0.4, -0.2) is 41.4 Å². The second-order valence-electron chi connectivity index (χ2n) is 6.79. The molecule has 2 atom stereocenters. The standard InChI is InChI=1S/C14H25NO3/c1-13(2,3)18-12(17)15-8-7-14(10-15)6-4-5-11(14)9-16/h11,16H,4-10H2,1-3H3. The molecule has 1 saturated carbocycles. The topological polar surface area (TPSA) is 49.8 Å². The predicted octanol–water partition coefficient (Wildman–Crippen LogP) is 2.41. The molecule has 1 aliphatic heterocycles. The van der Waals surface area contributed by atoms with Gasteiger partial charge in [-0.05, 0) is 51.4 Å². The second-order valence-corrected chi connectivity index (χ2v) is 6.79. The summed E-state index contributed by atoms with van der Waals surface area (Å²) in [6.07, 6.45) is 4.21. The number of aliphatic hydroxyl groups excluding tert-OH is 1. The molecule has 2 unspecified atom stereocenters. The number of carbonyl (C=O) groups excluding carboxylic acids is 1. The third kappa shape index (κ3) is 2.63. The Kier molecular flexibility index (Phi) is 3.58. The Hall–Kier alpha value is -0.770. The van der Waals surface area contributed by atoms with E-state index in [0.717, 1.165) is 32.4 Å². The van der Waals surface area contributed by atoms with Crippen LogP contribution in [0.4, 0.5) is 4.79 Å². The molecule has 1 aliphatic carbocycles. The van der Waals surface area contributed by atoms with Crippen molar-refractivity contribution in [1.82, 2.24) is 4.90 Å². The van der Waals surface area contributed by atoms with Gasteiger partial charge in [0, 0.05) is 19.7 Å². The van der Waals surface area contributed by atoms with Gasteiger partial charge in [0.05, 0.1) is 0 Å². The summed E-state index contributed by atoms with van der Waals surface area (Å²) < 4.78 is 5.42. The minimum absolute atomic E-state index is 0.158. The number of nitrogens with zero attached hydrogens (tertiary/aromatic N) is 1. The van der Waals surface area contributed by atoms with Gasteiger partial charge in [-0.1, -0.05) is 6.42 Å². The summed E-state index contributed by atoms with van der Waals surface area (Å²) in [5, 5.41) is 9.47. The van der Waals surface area contributed by atoms with Crippen LogP contribution in [0.25, 0.3) is 0 Å². The van der Waals surface area contributed by atoms with E-state index in [1.165, 1.54) is 6.42 Å². The Morgan fingerprint density at radius 3 is 2.78 bits per heavy atom. The van der Waals surface area contributed by atoms with Crippen LogP contribution in [0.1, 0.15) is 46.5 Å². The Morgan fingerprint density at radius 1 is 1.44 bits per heavy atom. The van der Waals surface area contributed by atoms with Crippen molar-refractivity contribution in [2.75, 3.05) is 19.7 Å². The summed E-state index contributed by atoms with van der Waals surface area (Å²) in [5.41, 5.74) is -0.273. The van der Waals surface area contributed by atoms with E-state index in [9.17, 15) is 9.90 Å². The molecule has 2 aliphatic rings. The highest BCUT2D eigenvalue weighted by Gasteiger charge is 2.48. The number of likely N-dealkylation sites (tertiary alicyclic amines) is 1. The van der Waals surface area contributed by atoms with E-state index < -0.39 is 5.60 Å². The maximum atomic E-state index is 12.0. The molecule has 0 radical (unpaired) electrons. The fourth-order valence-corrected chi connectivity index (χ4v) is 3.41. The van der Waals surface area contributed by atoms with Crippen molar-refractivity contribution >= 4 is 6.09 Å². The van der Waals surface area contributed by atoms with Gasteiger partial charge in [-0.3, -0.25) is 0 Å². The van der Waals surface area contributed by atoms with Crippen molar-refractivity contribution in [3.63, 3.8) is 0 Å². The van der Waals surface area contributed by atoms with Crippen LogP contribution in [0.15, 0.2) is 0 Å². The van der Waals surface area contributed by atoms with Gasteiger partial charge in [0.25, 0.3) is 0 Å². The first-order chi connectivity index (χ1) is 8.36. The van der Waals surface area contributed by atoms with Crippen LogP contribution in [0.5, 0.6) is 0 Å². The number of hydrogen-bond acceptors (Lipinski definition) is 3. The van der Waals surface area contributed by atoms with Crippen LogP contribution in [-0.2, 0) is 4.74 Å². The van der Waals surface area contributed by atoms with Crippen molar-refractivity contribution in [2.45, 2.75) is 52.1 Å². The molecular formula is C14H25NO3. The number of amides is 1. The average molecular weight is 255 g/mol. The van der Waals surface area contributed by atoms with Gasteiger partial charge in [0.2, 0.25) is 0 Å². The van der Waals surface area contributed by atoms with Gasteiger partial charge < -0.3 is 14.7 Å². The zero-order valence-electron chi connectivity index (χ0n) is 11.7. The normalized spacial score (nSPS) is 32.2. The molecule has 0 aromatic rings. The Labute approximate surface area is 109 Å². The van der Waals surface area contributed by atoms with E-state index in [2.05, 4.69) is 0 Å². The molecule has 1 amide bonds. The zero-order valence-corrected chi connectivity index (χ0v) is 11.7. The summed E-state index contributed by atoms with van der Waals surface area (Å²) in [4.78, 5) is 13.9. The van der Waals surface area contributed by atoms with Crippen molar-refractivity contribution in [2.24, 2.45) is 11.3 Å². The van der Waals surface area contributed by atoms with Gasteiger partial charge in [0.15, 0.2) is 0 Å². The van der Waals surface area contributed by atoms with E-state index in [-0.39, 0.29) is 18.1 Å². The minimum atomic E-state index is -0.432. The lowest BCUT2D eigenvalue weighted by molar-refractivity contribution is 0.0250. The zero-order chi connectivity index (χ0) is 13.4. The fourth-order valence-electron chi connectivity index (χ4n) is 3.41. The first kappa shape index (κ1) is 13.7. The lowest BCUT2D eigenvalue weighted by Crippen LogP contribution is -2.38. The monoisotopic (exact) mass is 255 g/mol. The maximum absolute atomic E-state index is 12.0. The molecule has 1 saturated heterocycles. The highest BCUT2D eigenvalue weighted by molar-refractivity contribution is 5.68. The first-order valence-electron chi connectivity index (χ1n) is 6.95. The summed E-state index contributed by atoms with van der Waals surface area (Å²) in [6.45, 7) is 7.45. The summed E-state index contributed by atoms with van der Waals surface area (Å²) >= 11 is 0. The van der Waals surface area contributed by atoms with Crippen LogP contribution >= 0.6 is 0 Å². The first-order valence-corrected chi connectivity index (χ1v) is 6.95. The summed E-state index contributed by atoms with van der Waals surface area (Å²) in [7, 11) is 0. The van der Waals surface area contributed by atoms with Crippen molar-refractivity contribution < 1.29 is 14.6 Å². The van der Waals surface area contributed by atoms with Gasteiger partial charge in [-0.15, -0.1) is 0 Å². The van der Waals surface area contributed by atoms with Gasteiger partial charge >= 0.3 is 6.09 Å². The minimum Gasteiger partial charge on any atom is -0.444 e. The molecule has 0 aromatic carbocycles. The van der Waals surface area contributed by atoms with Crippen LogP contribution in [0.3, 0.4) is 0 Å². The van der Waals surface area contributed by atoms with E-state index in [1.54, 1.807) is 0 Å². The van der Waals surface area contributed by atoms with Gasteiger partial charge in [-0.2, -0.15) is 0 Å². The largest absolute Gasteiger partial charge is 0.444 e. The summed E-state index contributed by atoms with van der Waals surface area (Å²) in [6, 6.07) is 0. The number of carbonyl (C=O) groups is 1. The SMILES string of the molecule is CC(C)(C)OC(=O)N1CCC2(CCCC2CO)C1. The Morgan fingerprint density at radius 2 is 2.17 bits per heavy atom. The highest BCUT2D eigenvalue weighted by atomic mass is 16.6. The van der Waals surface area contributed by atoms with E-state index >= 15 is 0 Å². The average Bonchev–Trinajstić information content (AvgIpc) is 2.84. The number of ether oxygens (including phenoxy) is 1. The Bertz CT molecular complexity index is 323. The summed E-state index contributed by atoms with van der Waals surface area (Å²) in [5.74, 6) is 0.366. The van der Waals surface area contributed by atoms with Crippen LogP contribution in [0.2, 0.25) is 0 Å². The molecule has 1 N–H and O–H groups in total. The number of hydrogen-bond donors (Lipinski definition) is 1. The number of aliphatic hydroxyl groups is 1. The fraction of sp³-hybridized carbons (Fsp3) is 0.929. The molecular weight excluding hydrogens is 230 g/mol. The van der Waals surface area contributed by atoms with Crippen LogP contribution in [0, 0.1) is 11.3 Å². The molecule has 18 heavy (non-hydrogen) atoms. The van der Waals surface area contributed by atoms with Crippen LogP contribution < -0.4 is 0 Å². The molecule has 1 spiro atoms. The maximum Gasteiger partial charge on any atom is 0.410 e. The Balaban J connectivity index is 1.98. The third-order valence-corrected chi connectivity index (χ3v) is 4.35. The highest BCUT2D eigenvalue weighted by Crippen LogP contribution is 2.49. The van der Waals surface area contributed by atoms with Gasteiger partial charge in [-0.25, -0.2) is 4.79 Å². The molecule has 104 valence electrons. The molecule has 2 fully saturated rings. The lowest BCUT2D eigenvalue weighted by Gasteiger charge is -2.30. The van der Waals surface area contributed by atoms with E-state index in [0.29, 0.717) is 5.92 Å². The van der Waals surface area contributed by atoms with Gasteiger partial charge in [0.1, 0.15) is 5.60 Å².